The van der Waals surface area contributed by atoms with E-state index in [1.807, 2.05) is 24.1 Å². The van der Waals surface area contributed by atoms with E-state index in [4.69, 9.17) is 15.7 Å². The summed E-state index contributed by atoms with van der Waals surface area (Å²) in [7, 11) is 1.92. The highest BCUT2D eigenvalue weighted by Crippen LogP contribution is 2.29. The van der Waals surface area contributed by atoms with Gasteiger partial charge in [0.1, 0.15) is 11.6 Å². The maximum absolute atomic E-state index is 6.02. The fraction of sp³-hybridized carbons (Fsp3) is 0.471. The summed E-state index contributed by atoms with van der Waals surface area (Å²) in [6, 6.07) is 2.88. The van der Waals surface area contributed by atoms with Gasteiger partial charge in [-0.3, -0.25) is 4.68 Å². The van der Waals surface area contributed by atoms with Crippen molar-refractivity contribution in [1.29, 1.82) is 0 Å². The third kappa shape index (κ3) is 3.27. The molecule has 0 amide bonds. The third-order valence-corrected chi connectivity index (χ3v) is 5.49. The van der Waals surface area contributed by atoms with E-state index in [1.165, 1.54) is 0 Å². The van der Waals surface area contributed by atoms with E-state index in [0.717, 1.165) is 53.1 Å². The van der Waals surface area contributed by atoms with Crippen LogP contribution in [0, 0.1) is 0 Å². The van der Waals surface area contributed by atoms with Crippen LogP contribution in [-0.4, -0.2) is 31.8 Å². The van der Waals surface area contributed by atoms with Gasteiger partial charge in [-0.25, -0.2) is 9.97 Å². The summed E-state index contributed by atoms with van der Waals surface area (Å²) >= 11 is 1.69. The van der Waals surface area contributed by atoms with Crippen LogP contribution in [0.3, 0.4) is 0 Å². The number of anilines is 1. The van der Waals surface area contributed by atoms with Crippen molar-refractivity contribution in [2.24, 2.45) is 12.8 Å². The number of aromatic nitrogens is 4. The highest BCUT2D eigenvalue weighted by atomic mass is 32.1. The van der Waals surface area contributed by atoms with Crippen molar-refractivity contribution in [3.63, 3.8) is 0 Å². The van der Waals surface area contributed by atoms with Crippen LogP contribution in [0.5, 0.6) is 0 Å². The lowest BCUT2D eigenvalue weighted by molar-refractivity contribution is 0.410. The van der Waals surface area contributed by atoms with E-state index in [0.29, 0.717) is 18.5 Å². The summed E-state index contributed by atoms with van der Waals surface area (Å²) < 4.78 is 2.95. The van der Waals surface area contributed by atoms with E-state index < -0.39 is 0 Å². The Hall–Kier alpha value is -1.99. The minimum atomic E-state index is 0.358. The molecule has 0 aliphatic heterocycles. The normalized spacial score (nSPS) is 21.2. The number of nitrogens with one attached hydrogen (secondary N) is 1. The number of aryl methyl sites for hydroxylation is 1. The first kappa shape index (κ1) is 15.5. The molecule has 7 heteroatoms. The molecule has 4 rings (SSSR count). The number of nitrogens with two attached hydrogens (primary N) is 1. The zero-order chi connectivity index (χ0) is 16.5. The van der Waals surface area contributed by atoms with Crippen LogP contribution in [0.2, 0.25) is 0 Å². The molecule has 1 aliphatic rings. The van der Waals surface area contributed by atoms with Crippen molar-refractivity contribution in [3.05, 3.63) is 35.2 Å². The SMILES string of the molecule is Cn1cc(Cc2nc(NC3CCC(N)CC3)c3sccc3n2)cn1. The number of rotatable bonds is 4. The molecule has 6 nitrogen and oxygen atoms in total. The second kappa shape index (κ2) is 6.49. The summed E-state index contributed by atoms with van der Waals surface area (Å²) in [6.45, 7) is 0. The quantitative estimate of drug-likeness (QED) is 0.762. The molecule has 3 aromatic heterocycles. The molecule has 3 N–H and O–H groups in total. The molecule has 1 aliphatic carbocycles. The first-order valence-corrected chi connectivity index (χ1v) is 9.29. The Labute approximate surface area is 145 Å². The van der Waals surface area contributed by atoms with Gasteiger partial charge >= 0.3 is 0 Å². The van der Waals surface area contributed by atoms with Crippen molar-refractivity contribution < 1.29 is 0 Å². The topological polar surface area (TPSA) is 81.7 Å². The van der Waals surface area contributed by atoms with E-state index >= 15 is 0 Å². The summed E-state index contributed by atoms with van der Waals surface area (Å²) in [5.41, 5.74) is 8.16. The van der Waals surface area contributed by atoms with Gasteiger partial charge in [0.2, 0.25) is 0 Å². The van der Waals surface area contributed by atoms with Gasteiger partial charge in [-0.2, -0.15) is 5.10 Å². The lowest BCUT2D eigenvalue weighted by Crippen LogP contribution is -2.33. The lowest BCUT2D eigenvalue weighted by atomic mass is 9.92. The standard InChI is InChI=1S/C17H22N6S/c1-23-10-11(9-19-23)8-15-21-14-6-7-24-16(14)17(22-15)20-13-4-2-12(18)3-5-13/h6-7,9-10,12-13H,2-5,8,18H2,1H3,(H,20,21,22). The molecule has 3 aromatic rings. The first-order chi connectivity index (χ1) is 11.7. The highest BCUT2D eigenvalue weighted by Gasteiger charge is 2.20. The molecule has 3 heterocycles. The van der Waals surface area contributed by atoms with Crippen LogP contribution in [0.4, 0.5) is 5.82 Å². The molecular weight excluding hydrogens is 320 g/mol. The number of thiophene rings is 1. The van der Waals surface area contributed by atoms with Crippen LogP contribution >= 0.6 is 11.3 Å². The number of fused-ring (bicyclic) bond motifs is 1. The fourth-order valence-corrected chi connectivity index (χ4v) is 4.07. The molecule has 0 atom stereocenters. The van der Waals surface area contributed by atoms with E-state index in [1.54, 1.807) is 11.3 Å². The Balaban J connectivity index is 1.60. The number of hydrogen-bond donors (Lipinski definition) is 2. The predicted octanol–water partition coefficient (Wildman–Crippen LogP) is 2.70. The van der Waals surface area contributed by atoms with Gasteiger partial charge < -0.3 is 11.1 Å². The van der Waals surface area contributed by atoms with Crippen LogP contribution in [0.25, 0.3) is 10.2 Å². The Bertz CT molecular complexity index is 831. The van der Waals surface area contributed by atoms with Crippen LogP contribution < -0.4 is 11.1 Å². The van der Waals surface area contributed by atoms with Crippen molar-refractivity contribution in [3.8, 4) is 0 Å². The largest absolute Gasteiger partial charge is 0.366 e. The zero-order valence-corrected chi connectivity index (χ0v) is 14.6. The van der Waals surface area contributed by atoms with E-state index in [2.05, 4.69) is 21.9 Å². The summed E-state index contributed by atoms with van der Waals surface area (Å²) in [5, 5.41) is 9.95. The molecule has 0 saturated heterocycles. The van der Waals surface area contributed by atoms with Crippen molar-refractivity contribution in [1.82, 2.24) is 19.7 Å². The first-order valence-electron chi connectivity index (χ1n) is 8.41. The van der Waals surface area contributed by atoms with Crippen molar-refractivity contribution >= 4 is 27.4 Å². The smallest absolute Gasteiger partial charge is 0.148 e. The monoisotopic (exact) mass is 342 g/mol. The molecule has 126 valence electrons. The van der Waals surface area contributed by atoms with Gasteiger partial charge in [0.15, 0.2) is 0 Å². The van der Waals surface area contributed by atoms with E-state index in [-0.39, 0.29) is 0 Å². The van der Waals surface area contributed by atoms with Gasteiger partial charge in [0.25, 0.3) is 0 Å². The molecule has 1 saturated carbocycles. The van der Waals surface area contributed by atoms with Crippen LogP contribution in [0.1, 0.15) is 37.1 Å². The highest BCUT2D eigenvalue weighted by molar-refractivity contribution is 7.17. The summed E-state index contributed by atoms with van der Waals surface area (Å²) in [6.07, 6.45) is 8.96. The van der Waals surface area contributed by atoms with Crippen molar-refractivity contribution in [2.45, 2.75) is 44.2 Å². The molecule has 0 unspecified atom stereocenters. The van der Waals surface area contributed by atoms with Gasteiger partial charge in [0.05, 0.1) is 16.4 Å². The van der Waals surface area contributed by atoms with Gasteiger partial charge in [-0.1, -0.05) is 0 Å². The Morgan fingerprint density at radius 2 is 2.12 bits per heavy atom. The average molecular weight is 342 g/mol. The second-order valence-electron chi connectivity index (χ2n) is 6.58. The van der Waals surface area contributed by atoms with Gasteiger partial charge in [-0.15, -0.1) is 11.3 Å². The molecule has 0 radical (unpaired) electrons. The third-order valence-electron chi connectivity index (χ3n) is 4.58. The van der Waals surface area contributed by atoms with Gasteiger partial charge in [-0.05, 0) is 42.7 Å². The Morgan fingerprint density at radius 3 is 2.88 bits per heavy atom. The average Bonchev–Trinajstić information content (AvgIpc) is 3.19. The summed E-state index contributed by atoms with van der Waals surface area (Å²) in [4.78, 5) is 9.52. The maximum atomic E-state index is 6.02. The Kier molecular flexibility index (Phi) is 4.20. The fourth-order valence-electron chi connectivity index (χ4n) is 3.29. The predicted molar refractivity (Wildman–Crippen MR) is 97.3 cm³/mol. The minimum absolute atomic E-state index is 0.358. The summed E-state index contributed by atoms with van der Waals surface area (Å²) in [5.74, 6) is 1.80. The number of hydrogen-bond acceptors (Lipinski definition) is 6. The maximum Gasteiger partial charge on any atom is 0.148 e. The van der Waals surface area contributed by atoms with Gasteiger partial charge in [0, 0.05) is 31.7 Å². The molecule has 0 bridgehead atoms. The minimum Gasteiger partial charge on any atom is -0.366 e. The van der Waals surface area contributed by atoms with Crippen LogP contribution in [-0.2, 0) is 13.5 Å². The molecule has 0 spiro atoms. The van der Waals surface area contributed by atoms with Crippen molar-refractivity contribution in [2.75, 3.05) is 5.32 Å². The molecule has 1 fully saturated rings. The Morgan fingerprint density at radius 1 is 1.29 bits per heavy atom. The zero-order valence-electron chi connectivity index (χ0n) is 13.8. The second-order valence-corrected chi connectivity index (χ2v) is 7.49. The lowest BCUT2D eigenvalue weighted by Gasteiger charge is -2.27. The van der Waals surface area contributed by atoms with Crippen LogP contribution in [0.15, 0.2) is 23.8 Å². The van der Waals surface area contributed by atoms with E-state index in [9.17, 15) is 0 Å². The molecular formula is C17H22N6S. The molecule has 0 aromatic carbocycles. The molecule has 24 heavy (non-hydrogen) atoms. The number of nitrogens with zero attached hydrogens (tertiary/aromatic N) is 4.